The van der Waals surface area contributed by atoms with Crippen molar-refractivity contribution in [1.82, 2.24) is 5.32 Å². The first-order chi connectivity index (χ1) is 7.49. The molecular weight excluding hydrogens is 207 g/mol. The third kappa shape index (κ3) is 1.96. The van der Waals surface area contributed by atoms with Crippen LogP contribution in [0.3, 0.4) is 0 Å². The molecule has 1 aliphatic heterocycles. The van der Waals surface area contributed by atoms with Gasteiger partial charge in [0.1, 0.15) is 5.82 Å². The van der Waals surface area contributed by atoms with Gasteiger partial charge < -0.3 is 10.7 Å². The van der Waals surface area contributed by atoms with Gasteiger partial charge in [-0.1, -0.05) is 12.1 Å². The van der Waals surface area contributed by atoms with Crippen LogP contribution >= 0.6 is 0 Å². The maximum absolute atomic E-state index is 12.7. The van der Waals surface area contributed by atoms with E-state index in [1.54, 1.807) is 12.1 Å². The molecule has 1 heterocycles. The summed E-state index contributed by atoms with van der Waals surface area (Å²) in [5.41, 5.74) is 0.687. The van der Waals surface area contributed by atoms with Gasteiger partial charge in [-0.2, -0.15) is 0 Å². The van der Waals surface area contributed by atoms with Crippen molar-refractivity contribution < 1.29 is 9.18 Å². The Hall–Kier alpha value is -1.71. The number of nitrogens with one attached hydrogen (secondary N) is 2. The zero-order valence-electron chi connectivity index (χ0n) is 9.01. The summed E-state index contributed by atoms with van der Waals surface area (Å²) in [5, 5.41) is 10.6. The van der Waals surface area contributed by atoms with Crippen LogP contribution in [0, 0.1) is 11.2 Å². The molecule has 0 aromatic heterocycles. The molecule has 1 saturated heterocycles. The Morgan fingerprint density at radius 3 is 2.56 bits per heavy atom. The van der Waals surface area contributed by atoms with Crippen LogP contribution in [-0.2, 0) is 11.2 Å². The fourth-order valence-electron chi connectivity index (χ4n) is 1.94. The Labute approximate surface area is 93.2 Å². The molecular formula is C12H13FN2O. The smallest absolute Gasteiger partial charge is 0.226 e. The molecule has 16 heavy (non-hydrogen) atoms. The number of benzene rings is 1. The van der Waals surface area contributed by atoms with Gasteiger partial charge in [-0.25, -0.2) is 4.39 Å². The molecule has 0 radical (unpaired) electrons. The lowest BCUT2D eigenvalue weighted by Crippen LogP contribution is -2.45. The molecule has 0 saturated carbocycles. The number of rotatable bonds is 2. The highest BCUT2D eigenvalue weighted by molar-refractivity contribution is 6.11. The SMILES string of the molecule is C[C@@]1(Cc2ccc(F)cc2)NC(=O)CC1=N. The average Bonchev–Trinajstić information content (AvgIpc) is 2.44. The molecule has 1 fully saturated rings. The quantitative estimate of drug-likeness (QED) is 0.782. The van der Waals surface area contributed by atoms with E-state index in [1.807, 2.05) is 6.92 Å². The van der Waals surface area contributed by atoms with Crippen molar-refractivity contribution in [3.8, 4) is 0 Å². The molecule has 1 amide bonds. The highest BCUT2D eigenvalue weighted by Gasteiger charge is 2.38. The Bertz CT molecular complexity index is 441. The molecule has 1 atom stereocenters. The van der Waals surface area contributed by atoms with Gasteiger partial charge in [-0.05, 0) is 24.6 Å². The van der Waals surface area contributed by atoms with Gasteiger partial charge >= 0.3 is 0 Å². The third-order valence-electron chi connectivity index (χ3n) is 2.89. The fraction of sp³-hybridized carbons (Fsp3) is 0.333. The van der Waals surface area contributed by atoms with Crippen LogP contribution in [0.2, 0.25) is 0 Å². The Morgan fingerprint density at radius 1 is 1.44 bits per heavy atom. The topological polar surface area (TPSA) is 53.0 Å². The number of hydrogen-bond donors (Lipinski definition) is 2. The van der Waals surface area contributed by atoms with E-state index in [9.17, 15) is 9.18 Å². The number of amides is 1. The number of hydrogen-bond acceptors (Lipinski definition) is 2. The van der Waals surface area contributed by atoms with E-state index in [1.165, 1.54) is 12.1 Å². The Kier molecular flexibility index (Phi) is 2.50. The van der Waals surface area contributed by atoms with Crippen molar-refractivity contribution in [2.45, 2.75) is 25.3 Å². The third-order valence-corrected chi connectivity index (χ3v) is 2.89. The second-order valence-corrected chi connectivity index (χ2v) is 4.34. The van der Waals surface area contributed by atoms with Gasteiger partial charge in [-0.3, -0.25) is 4.79 Å². The lowest BCUT2D eigenvalue weighted by atomic mass is 9.90. The molecule has 84 valence electrons. The molecule has 1 aromatic carbocycles. The molecule has 3 nitrogen and oxygen atoms in total. The summed E-state index contributed by atoms with van der Waals surface area (Å²) in [4.78, 5) is 11.2. The highest BCUT2D eigenvalue weighted by atomic mass is 19.1. The second kappa shape index (κ2) is 3.70. The predicted molar refractivity (Wildman–Crippen MR) is 59.0 cm³/mol. The van der Waals surface area contributed by atoms with Crippen LogP contribution in [-0.4, -0.2) is 17.2 Å². The van der Waals surface area contributed by atoms with E-state index in [-0.39, 0.29) is 18.1 Å². The highest BCUT2D eigenvalue weighted by Crippen LogP contribution is 2.21. The van der Waals surface area contributed by atoms with Crippen molar-refractivity contribution >= 4 is 11.6 Å². The van der Waals surface area contributed by atoms with Crippen LogP contribution in [0.15, 0.2) is 24.3 Å². The minimum atomic E-state index is -0.616. The van der Waals surface area contributed by atoms with Crippen molar-refractivity contribution in [3.63, 3.8) is 0 Å². The first-order valence-corrected chi connectivity index (χ1v) is 5.13. The first kappa shape index (κ1) is 10.8. The number of halogens is 1. The lowest BCUT2D eigenvalue weighted by Gasteiger charge is -2.24. The Balaban J connectivity index is 2.18. The van der Waals surface area contributed by atoms with E-state index in [0.29, 0.717) is 12.1 Å². The van der Waals surface area contributed by atoms with E-state index in [0.717, 1.165) is 5.56 Å². The van der Waals surface area contributed by atoms with E-state index in [4.69, 9.17) is 5.41 Å². The summed E-state index contributed by atoms with van der Waals surface area (Å²) < 4.78 is 12.7. The van der Waals surface area contributed by atoms with Crippen LogP contribution < -0.4 is 5.32 Å². The van der Waals surface area contributed by atoms with E-state index in [2.05, 4.69) is 5.32 Å². The molecule has 1 aliphatic rings. The zero-order chi connectivity index (χ0) is 11.8. The Morgan fingerprint density at radius 2 is 2.06 bits per heavy atom. The molecule has 0 bridgehead atoms. The summed E-state index contributed by atoms with van der Waals surface area (Å²) >= 11 is 0. The molecule has 1 aromatic rings. The summed E-state index contributed by atoms with van der Waals surface area (Å²) in [7, 11) is 0. The predicted octanol–water partition coefficient (Wildman–Crippen LogP) is 1.67. The van der Waals surface area contributed by atoms with E-state index < -0.39 is 5.54 Å². The minimum Gasteiger partial charge on any atom is -0.345 e. The molecule has 4 heteroatoms. The van der Waals surface area contributed by atoms with Crippen molar-refractivity contribution in [1.29, 1.82) is 5.41 Å². The van der Waals surface area contributed by atoms with Crippen LogP contribution in [0.4, 0.5) is 4.39 Å². The van der Waals surface area contributed by atoms with Crippen molar-refractivity contribution in [2.75, 3.05) is 0 Å². The van der Waals surface area contributed by atoms with E-state index >= 15 is 0 Å². The summed E-state index contributed by atoms with van der Waals surface area (Å²) in [6.45, 7) is 1.82. The lowest BCUT2D eigenvalue weighted by molar-refractivity contribution is -0.119. The van der Waals surface area contributed by atoms with Crippen LogP contribution in [0.5, 0.6) is 0 Å². The van der Waals surface area contributed by atoms with Gasteiger partial charge in [0.15, 0.2) is 0 Å². The van der Waals surface area contributed by atoms with Crippen LogP contribution in [0.25, 0.3) is 0 Å². The van der Waals surface area contributed by atoms with Crippen LogP contribution in [0.1, 0.15) is 18.9 Å². The van der Waals surface area contributed by atoms with Gasteiger partial charge in [0.05, 0.1) is 12.0 Å². The summed E-state index contributed by atoms with van der Waals surface area (Å²) in [6.07, 6.45) is 0.690. The maximum atomic E-state index is 12.7. The molecule has 0 aliphatic carbocycles. The molecule has 0 spiro atoms. The standard InChI is InChI=1S/C12H13FN2O/c1-12(10(14)6-11(16)15-12)7-8-2-4-9(13)5-3-8/h2-5,14H,6-7H2,1H3,(H,15,16)/t12-/m0/s1. The van der Waals surface area contributed by atoms with Crippen molar-refractivity contribution in [2.24, 2.45) is 0 Å². The number of carbonyl (C=O) groups excluding carboxylic acids is 1. The minimum absolute atomic E-state index is 0.116. The molecule has 2 N–H and O–H groups in total. The van der Waals surface area contributed by atoms with Gasteiger partial charge in [0.2, 0.25) is 5.91 Å². The second-order valence-electron chi connectivity index (χ2n) is 4.34. The summed E-state index contributed by atoms with van der Waals surface area (Å²) in [5.74, 6) is -0.394. The summed E-state index contributed by atoms with van der Waals surface area (Å²) in [6, 6.07) is 6.13. The zero-order valence-corrected chi connectivity index (χ0v) is 9.01. The van der Waals surface area contributed by atoms with Gasteiger partial charge in [0, 0.05) is 12.1 Å². The van der Waals surface area contributed by atoms with Gasteiger partial charge in [-0.15, -0.1) is 0 Å². The monoisotopic (exact) mass is 220 g/mol. The first-order valence-electron chi connectivity index (χ1n) is 5.13. The molecule has 0 unspecified atom stereocenters. The van der Waals surface area contributed by atoms with Gasteiger partial charge in [0.25, 0.3) is 0 Å². The van der Waals surface area contributed by atoms with Crippen molar-refractivity contribution in [3.05, 3.63) is 35.6 Å². The number of carbonyl (C=O) groups is 1. The average molecular weight is 220 g/mol. The normalized spacial score (nSPS) is 24.6. The largest absolute Gasteiger partial charge is 0.345 e. The molecule has 2 rings (SSSR count). The maximum Gasteiger partial charge on any atom is 0.226 e. The fourth-order valence-corrected chi connectivity index (χ4v) is 1.94.